The smallest absolute Gasteiger partial charge is 0.330 e. The highest BCUT2D eigenvalue weighted by Gasteiger charge is 2.08. The molecule has 0 saturated heterocycles. The fourth-order valence-electron chi connectivity index (χ4n) is 1.49. The summed E-state index contributed by atoms with van der Waals surface area (Å²) in [6.45, 7) is 0.608. The molecule has 2 aromatic rings. The Labute approximate surface area is 103 Å². The van der Waals surface area contributed by atoms with Crippen LogP contribution in [0.2, 0.25) is 0 Å². The highest BCUT2D eigenvalue weighted by molar-refractivity contribution is 7.99. The van der Waals surface area contributed by atoms with Crippen LogP contribution in [0, 0.1) is 0 Å². The summed E-state index contributed by atoms with van der Waals surface area (Å²) in [6.07, 6.45) is 0.821. The van der Waals surface area contributed by atoms with Crippen LogP contribution in [0.3, 0.4) is 0 Å². The van der Waals surface area contributed by atoms with Gasteiger partial charge in [-0.1, -0.05) is 18.2 Å². The first-order valence-corrected chi connectivity index (χ1v) is 6.11. The number of nitrogens with two attached hydrogens (primary N) is 1. The molecule has 6 heteroatoms. The number of H-pyrrole nitrogens is 1. The van der Waals surface area contributed by atoms with Crippen LogP contribution < -0.4 is 11.4 Å². The third-order valence-corrected chi connectivity index (χ3v) is 3.59. The zero-order chi connectivity index (χ0) is 12.3. The second-order valence-corrected chi connectivity index (χ2v) is 4.63. The summed E-state index contributed by atoms with van der Waals surface area (Å²) in [5.74, 6) is 0. The Bertz CT molecular complexity index is 561. The molecule has 3 N–H and O–H groups in total. The monoisotopic (exact) mass is 250 g/mol. The van der Waals surface area contributed by atoms with Gasteiger partial charge in [0.25, 0.3) is 0 Å². The van der Waals surface area contributed by atoms with Crippen LogP contribution in [0.15, 0.2) is 39.1 Å². The maximum absolute atomic E-state index is 11.3. The molecule has 1 aromatic carbocycles. The molecule has 0 atom stereocenters. The van der Waals surface area contributed by atoms with Crippen molar-refractivity contribution in [1.82, 2.24) is 14.8 Å². The van der Waals surface area contributed by atoms with Gasteiger partial charge in [-0.05, 0) is 36.4 Å². The van der Waals surface area contributed by atoms with Crippen molar-refractivity contribution >= 4 is 11.8 Å². The van der Waals surface area contributed by atoms with Gasteiger partial charge >= 0.3 is 5.69 Å². The number of hydrogen-bond acceptors (Lipinski definition) is 4. The largest absolute Gasteiger partial charge is 0.343 e. The van der Waals surface area contributed by atoms with E-state index in [0.29, 0.717) is 11.7 Å². The third kappa shape index (κ3) is 2.59. The summed E-state index contributed by atoms with van der Waals surface area (Å²) in [7, 11) is 1.69. The van der Waals surface area contributed by atoms with Gasteiger partial charge in [0.1, 0.15) is 0 Å². The van der Waals surface area contributed by atoms with Gasteiger partial charge < -0.3 is 5.73 Å². The van der Waals surface area contributed by atoms with E-state index in [0.717, 1.165) is 11.3 Å². The summed E-state index contributed by atoms with van der Waals surface area (Å²) in [5, 5.41) is 7.04. The van der Waals surface area contributed by atoms with E-state index in [4.69, 9.17) is 5.73 Å². The molecular weight excluding hydrogens is 236 g/mol. The Hall–Kier alpha value is -1.53. The lowest BCUT2D eigenvalue weighted by molar-refractivity contribution is 0.765. The van der Waals surface area contributed by atoms with Gasteiger partial charge in [-0.3, -0.25) is 4.57 Å². The molecule has 0 aliphatic heterocycles. The minimum absolute atomic E-state index is 0.205. The lowest BCUT2D eigenvalue weighted by atomic mass is 10.1. The quantitative estimate of drug-likeness (QED) is 0.840. The summed E-state index contributed by atoms with van der Waals surface area (Å²) < 4.78 is 1.49. The second kappa shape index (κ2) is 5.20. The van der Waals surface area contributed by atoms with Crippen LogP contribution in [0.1, 0.15) is 5.56 Å². The molecule has 2 rings (SSSR count). The van der Waals surface area contributed by atoms with E-state index in [1.165, 1.54) is 21.9 Å². The minimum Gasteiger partial charge on any atom is -0.330 e. The lowest BCUT2D eigenvalue weighted by Gasteiger charge is -2.06. The van der Waals surface area contributed by atoms with Crippen molar-refractivity contribution in [1.29, 1.82) is 0 Å². The Kier molecular flexibility index (Phi) is 3.65. The first-order valence-electron chi connectivity index (χ1n) is 5.29. The van der Waals surface area contributed by atoms with Gasteiger partial charge in [-0.15, -0.1) is 5.10 Å². The van der Waals surface area contributed by atoms with Gasteiger partial charge in [0.2, 0.25) is 0 Å². The minimum atomic E-state index is -0.205. The van der Waals surface area contributed by atoms with Crippen molar-refractivity contribution < 1.29 is 0 Å². The Morgan fingerprint density at radius 1 is 1.47 bits per heavy atom. The highest BCUT2D eigenvalue weighted by Crippen LogP contribution is 2.27. The predicted molar refractivity (Wildman–Crippen MR) is 67.2 cm³/mol. The molecule has 0 bridgehead atoms. The summed E-state index contributed by atoms with van der Waals surface area (Å²) in [5.41, 5.74) is 6.54. The summed E-state index contributed by atoms with van der Waals surface area (Å²) >= 11 is 1.47. The van der Waals surface area contributed by atoms with Gasteiger partial charge in [-0.25, -0.2) is 9.89 Å². The van der Waals surface area contributed by atoms with Gasteiger partial charge in [-0.2, -0.15) is 0 Å². The van der Waals surface area contributed by atoms with Crippen molar-refractivity contribution in [2.75, 3.05) is 6.54 Å². The van der Waals surface area contributed by atoms with E-state index < -0.39 is 0 Å². The topological polar surface area (TPSA) is 76.7 Å². The van der Waals surface area contributed by atoms with E-state index >= 15 is 0 Å². The Morgan fingerprint density at radius 3 is 2.88 bits per heavy atom. The third-order valence-electron chi connectivity index (χ3n) is 2.43. The Balaban J connectivity index is 2.29. The van der Waals surface area contributed by atoms with Crippen molar-refractivity contribution in [3.05, 3.63) is 40.3 Å². The van der Waals surface area contributed by atoms with Crippen LogP contribution in [-0.2, 0) is 13.5 Å². The van der Waals surface area contributed by atoms with E-state index in [-0.39, 0.29) is 5.69 Å². The van der Waals surface area contributed by atoms with Crippen LogP contribution >= 0.6 is 11.8 Å². The van der Waals surface area contributed by atoms with Crippen LogP contribution in [0.25, 0.3) is 0 Å². The van der Waals surface area contributed by atoms with Gasteiger partial charge in [0, 0.05) is 11.9 Å². The first-order chi connectivity index (χ1) is 8.22. The fourth-order valence-corrected chi connectivity index (χ4v) is 2.44. The van der Waals surface area contributed by atoms with Crippen LogP contribution in [0.5, 0.6) is 0 Å². The molecule has 90 valence electrons. The van der Waals surface area contributed by atoms with E-state index in [1.54, 1.807) is 7.05 Å². The number of hydrogen-bond donors (Lipinski definition) is 2. The number of rotatable bonds is 4. The number of benzene rings is 1. The maximum atomic E-state index is 11.3. The fraction of sp³-hybridized carbons (Fsp3) is 0.273. The number of aromatic nitrogens is 3. The molecule has 0 saturated carbocycles. The molecule has 0 fully saturated rings. The molecule has 0 amide bonds. The van der Waals surface area contributed by atoms with E-state index in [2.05, 4.69) is 10.2 Å². The molecule has 1 heterocycles. The Morgan fingerprint density at radius 2 is 2.24 bits per heavy atom. The maximum Gasteiger partial charge on any atom is 0.343 e. The molecule has 1 aromatic heterocycles. The summed E-state index contributed by atoms with van der Waals surface area (Å²) in [6, 6.07) is 8.00. The predicted octanol–water partition coefficient (Wildman–Crippen LogP) is 0.761. The normalized spacial score (nSPS) is 10.7. The average Bonchev–Trinajstić information content (AvgIpc) is 2.64. The van der Waals surface area contributed by atoms with Gasteiger partial charge in [0.15, 0.2) is 5.16 Å². The molecule has 0 aliphatic rings. The highest BCUT2D eigenvalue weighted by atomic mass is 32.2. The zero-order valence-corrected chi connectivity index (χ0v) is 10.3. The van der Waals surface area contributed by atoms with Gasteiger partial charge in [0.05, 0.1) is 0 Å². The zero-order valence-electron chi connectivity index (χ0n) is 9.51. The molecule has 5 nitrogen and oxygen atoms in total. The summed E-state index contributed by atoms with van der Waals surface area (Å²) in [4.78, 5) is 12.3. The molecule has 0 radical (unpaired) electrons. The van der Waals surface area contributed by atoms with E-state index in [1.807, 2.05) is 24.3 Å². The first kappa shape index (κ1) is 11.9. The second-order valence-electron chi connectivity index (χ2n) is 3.62. The van der Waals surface area contributed by atoms with Crippen molar-refractivity contribution in [2.24, 2.45) is 12.8 Å². The number of nitrogens with zero attached hydrogens (tertiary/aromatic N) is 2. The molecule has 0 unspecified atom stereocenters. The molecular formula is C11H14N4OS. The lowest BCUT2D eigenvalue weighted by Crippen LogP contribution is -2.12. The molecule has 0 spiro atoms. The van der Waals surface area contributed by atoms with E-state index in [9.17, 15) is 4.79 Å². The molecule has 0 aliphatic carbocycles. The standard InChI is InChI=1S/C11H14N4OS/c1-15-10(16)13-14-11(15)17-9-5-3-2-4-8(9)6-7-12/h2-5H,6-7,12H2,1H3,(H,13,16). The van der Waals surface area contributed by atoms with Crippen molar-refractivity contribution in [2.45, 2.75) is 16.5 Å². The number of aromatic amines is 1. The van der Waals surface area contributed by atoms with Crippen LogP contribution in [-0.4, -0.2) is 21.3 Å². The van der Waals surface area contributed by atoms with Crippen molar-refractivity contribution in [3.63, 3.8) is 0 Å². The SMILES string of the molecule is Cn1c(Sc2ccccc2CCN)n[nH]c1=O. The van der Waals surface area contributed by atoms with Crippen LogP contribution in [0.4, 0.5) is 0 Å². The number of nitrogens with one attached hydrogen (secondary N) is 1. The average molecular weight is 250 g/mol. The molecule has 17 heavy (non-hydrogen) atoms. The van der Waals surface area contributed by atoms with Crippen molar-refractivity contribution in [3.8, 4) is 0 Å².